The lowest BCUT2D eigenvalue weighted by Gasteiger charge is -2.13. The third kappa shape index (κ3) is 4.60. The Hall–Kier alpha value is -2.34. The molecule has 0 saturated carbocycles. The van der Waals surface area contributed by atoms with E-state index in [9.17, 15) is 13.2 Å². The highest BCUT2D eigenvalue weighted by atomic mass is 32.2. The van der Waals surface area contributed by atoms with Crippen LogP contribution in [0.5, 0.6) is 0 Å². The van der Waals surface area contributed by atoms with Crippen molar-refractivity contribution in [1.29, 1.82) is 0 Å². The fourth-order valence-corrected chi connectivity index (χ4v) is 2.54. The molecule has 0 unspecified atom stereocenters. The zero-order chi connectivity index (χ0) is 16.0. The molecule has 0 radical (unpaired) electrons. The van der Waals surface area contributed by atoms with Gasteiger partial charge in [0.25, 0.3) is 0 Å². The zero-order valence-electron chi connectivity index (χ0n) is 12.2. The highest BCUT2D eigenvalue weighted by Gasteiger charge is 2.15. The van der Waals surface area contributed by atoms with Gasteiger partial charge in [-0.05, 0) is 24.3 Å². The lowest BCUT2D eigenvalue weighted by molar-refractivity contribution is -0.113. The Morgan fingerprint density at radius 3 is 2.18 bits per heavy atom. The number of sulfone groups is 1. The Bertz CT molecular complexity index is 743. The van der Waals surface area contributed by atoms with E-state index in [1.54, 1.807) is 12.1 Å². The number of hydrogen-bond acceptors (Lipinski definition) is 4. The number of carbonyl (C=O) groups is 1. The lowest BCUT2D eigenvalue weighted by atomic mass is 10.2. The maximum absolute atomic E-state index is 11.9. The molecule has 0 aromatic heterocycles. The molecule has 5 nitrogen and oxygen atoms in total. The highest BCUT2D eigenvalue weighted by molar-refractivity contribution is 7.92. The van der Waals surface area contributed by atoms with Crippen LogP contribution in [0.2, 0.25) is 0 Å². The third-order valence-electron chi connectivity index (χ3n) is 3.04. The summed E-state index contributed by atoms with van der Waals surface area (Å²) in [5.41, 5.74) is 2.13. The first-order chi connectivity index (χ1) is 10.5. The molecule has 2 N–H and O–H groups in total. The summed E-state index contributed by atoms with van der Waals surface area (Å²) >= 11 is 0. The molecule has 0 fully saturated rings. The van der Waals surface area contributed by atoms with Crippen molar-refractivity contribution < 1.29 is 13.2 Å². The van der Waals surface area contributed by atoms with E-state index >= 15 is 0 Å². The SMILES string of the molecule is CCS(=O)(=O)CC(=O)Nc1ccccc1Nc1ccccc1. The molecule has 2 aromatic carbocycles. The van der Waals surface area contributed by atoms with Gasteiger partial charge in [-0.25, -0.2) is 8.42 Å². The second-order valence-corrected chi connectivity index (χ2v) is 7.11. The third-order valence-corrected chi connectivity index (χ3v) is 4.63. The maximum Gasteiger partial charge on any atom is 0.239 e. The number of rotatable bonds is 6. The van der Waals surface area contributed by atoms with Crippen LogP contribution >= 0.6 is 0 Å². The van der Waals surface area contributed by atoms with Crippen LogP contribution in [0.25, 0.3) is 0 Å². The van der Waals surface area contributed by atoms with Crippen LogP contribution in [0.4, 0.5) is 17.1 Å². The molecule has 2 aromatic rings. The minimum absolute atomic E-state index is 0.0513. The van der Waals surface area contributed by atoms with Crippen molar-refractivity contribution in [3.8, 4) is 0 Å². The predicted octanol–water partition coefficient (Wildman–Crippen LogP) is 2.80. The molecule has 0 atom stereocenters. The van der Waals surface area contributed by atoms with Crippen LogP contribution in [0.1, 0.15) is 6.92 Å². The Morgan fingerprint density at radius 2 is 1.55 bits per heavy atom. The van der Waals surface area contributed by atoms with Gasteiger partial charge >= 0.3 is 0 Å². The van der Waals surface area contributed by atoms with Crippen LogP contribution in [-0.2, 0) is 14.6 Å². The number of benzene rings is 2. The quantitative estimate of drug-likeness (QED) is 0.859. The molecule has 0 aliphatic rings. The van der Waals surface area contributed by atoms with E-state index in [1.807, 2.05) is 42.5 Å². The molecular formula is C16H18N2O3S. The van der Waals surface area contributed by atoms with E-state index < -0.39 is 21.5 Å². The number of amides is 1. The van der Waals surface area contributed by atoms with Gasteiger partial charge in [0, 0.05) is 11.4 Å². The molecule has 6 heteroatoms. The Balaban J connectivity index is 2.13. The summed E-state index contributed by atoms with van der Waals surface area (Å²) in [5.74, 6) is -1.10. The summed E-state index contributed by atoms with van der Waals surface area (Å²) in [6, 6.07) is 16.7. The van der Waals surface area contributed by atoms with Crippen LogP contribution in [-0.4, -0.2) is 25.8 Å². The van der Waals surface area contributed by atoms with Gasteiger partial charge in [0.15, 0.2) is 9.84 Å². The highest BCUT2D eigenvalue weighted by Crippen LogP contribution is 2.25. The molecule has 0 heterocycles. The topological polar surface area (TPSA) is 75.3 Å². The monoisotopic (exact) mass is 318 g/mol. The minimum Gasteiger partial charge on any atom is -0.354 e. The van der Waals surface area contributed by atoms with E-state index in [-0.39, 0.29) is 5.75 Å². The molecule has 0 aliphatic carbocycles. The first-order valence-electron chi connectivity index (χ1n) is 6.91. The van der Waals surface area contributed by atoms with E-state index in [4.69, 9.17) is 0 Å². The van der Waals surface area contributed by atoms with Crippen molar-refractivity contribution in [2.75, 3.05) is 22.1 Å². The summed E-state index contributed by atoms with van der Waals surface area (Å²) in [5, 5.41) is 5.83. The van der Waals surface area contributed by atoms with E-state index in [2.05, 4.69) is 10.6 Å². The molecule has 116 valence electrons. The van der Waals surface area contributed by atoms with Gasteiger partial charge in [0.2, 0.25) is 5.91 Å². The number of nitrogens with one attached hydrogen (secondary N) is 2. The molecule has 0 saturated heterocycles. The summed E-state index contributed by atoms with van der Waals surface area (Å²) in [6.07, 6.45) is 0. The predicted molar refractivity (Wildman–Crippen MR) is 89.1 cm³/mol. The second kappa shape index (κ2) is 7.09. The number of anilines is 3. The van der Waals surface area contributed by atoms with Crippen molar-refractivity contribution in [2.45, 2.75) is 6.92 Å². The first-order valence-corrected chi connectivity index (χ1v) is 8.73. The number of carbonyl (C=O) groups excluding carboxylic acids is 1. The average Bonchev–Trinajstić information content (AvgIpc) is 2.50. The van der Waals surface area contributed by atoms with Gasteiger partial charge in [-0.3, -0.25) is 4.79 Å². The fourth-order valence-electron chi connectivity index (χ4n) is 1.87. The van der Waals surface area contributed by atoms with E-state index in [0.29, 0.717) is 11.4 Å². The van der Waals surface area contributed by atoms with Gasteiger partial charge in [0.1, 0.15) is 5.75 Å². The van der Waals surface area contributed by atoms with E-state index in [1.165, 1.54) is 6.92 Å². The summed E-state index contributed by atoms with van der Waals surface area (Å²) in [4.78, 5) is 11.9. The lowest BCUT2D eigenvalue weighted by Crippen LogP contribution is -2.24. The van der Waals surface area contributed by atoms with Gasteiger partial charge < -0.3 is 10.6 Å². The molecule has 0 aliphatic heterocycles. The largest absolute Gasteiger partial charge is 0.354 e. The average molecular weight is 318 g/mol. The Morgan fingerprint density at radius 1 is 0.955 bits per heavy atom. The second-order valence-electron chi connectivity index (χ2n) is 4.76. The smallest absolute Gasteiger partial charge is 0.239 e. The van der Waals surface area contributed by atoms with Crippen LogP contribution in [0.15, 0.2) is 54.6 Å². The van der Waals surface area contributed by atoms with Gasteiger partial charge in [-0.15, -0.1) is 0 Å². The zero-order valence-corrected chi connectivity index (χ0v) is 13.1. The standard InChI is InChI=1S/C16H18N2O3S/c1-2-22(20,21)12-16(19)18-15-11-7-6-10-14(15)17-13-8-4-3-5-9-13/h3-11,17H,2,12H2,1H3,(H,18,19). The van der Waals surface area contributed by atoms with Gasteiger partial charge in [-0.2, -0.15) is 0 Å². The van der Waals surface area contributed by atoms with Crippen molar-refractivity contribution in [1.82, 2.24) is 0 Å². The van der Waals surface area contributed by atoms with Crippen LogP contribution in [0.3, 0.4) is 0 Å². The molecule has 0 bridgehead atoms. The van der Waals surface area contributed by atoms with Crippen molar-refractivity contribution in [3.63, 3.8) is 0 Å². The Labute approximate surface area is 130 Å². The van der Waals surface area contributed by atoms with Gasteiger partial charge in [-0.1, -0.05) is 37.3 Å². The van der Waals surface area contributed by atoms with E-state index in [0.717, 1.165) is 5.69 Å². The number of hydrogen-bond donors (Lipinski definition) is 2. The molecule has 0 spiro atoms. The van der Waals surface area contributed by atoms with Crippen molar-refractivity contribution in [2.24, 2.45) is 0 Å². The summed E-state index contributed by atoms with van der Waals surface area (Å²) in [7, 11) is -3.34. The Kier molecular flexibility index (Phi) is 5.16. The summed E-state index contributed by atoms with van der Waals surface area (Å²) in [6.45, 7) is 1.52. The fraction of sp³-hybridized carbons (Fsp3) is 0.188. The molecule has 22 heavy (non-hydrogen) atoms. The number of para-hydroxylation sites is 3. The summed E-state index contributed by atoms with van der Waals surface area (Å²) < 4.78 is 23.0. The minimum atomic E-state index is -3.34. The van der Waals surface area contributed by atoms with Crippen molar-refractivity contribution >= 4 is 32.8 Å². The first kappa shape index (κ1) is 16.0. The van der Waals surface area contributed by atoms with Crippen molar-refractivity contribution in [3.05, 3.63) is 54.6 Å². The molecule has 1 amide bonds. The maximum atomic E-state index is 11.9. The molecular weight excluding hydrogens is 300 g/mol. The van der Waals surface area contributed by atoms with Crippen LogP contribution < -0.4 is 10.6 Å². The molecule has 2 rings (SSSR count). The normalized spacial score (nSPS) is 11.0. The van der Waals surface area contributed by atoms with Crippen LogP contribution in [0, 0.1) is 0 Å². The van der Waals surface area contributed by atoms with Gasteiger partial charge in [0.05, 0.1) is 11.4 Å².